The van der Waals surface area contributed by atoms with Crippen LogP contribution in [0.2, 0.25) is 13.1 Å². The molecular formula is C28H25FN8O2S2Si. The molecule has 0 aliphatic carbocycles. The first-order chi connectivity index (χ1) is 20.1. The molecule has 3 aromatic carbocycles. The van der Waals surface area contributed by atoms with Gasteiger partial charge < -0.3 is 20.2 Å². The number of amidine groups is 2. The second-order valence-electron chi connectivity index (χ2n) is 9.45. The van der Waals surface area contributed by atoms with Gasteiger partial charge in [0.05, 0.1) is 11.2 Å². The first-order valence-corrected chi connectivity index (χ1v) is 18.6. The Hall–Kier alpha value is -4.53. The van der Waals surface area contributed by atoms with E-state index in [2.05, 4.69) is 30.4 Å². The van der Waals surface area contributed by atoms with E-state index in [1.54, 1.807) is 30.3 Å². The highest BCUT2D eigenvalue weighted by Crippen LogP contribution is 2.38. The van der Waals surface area contributed by atoms with Crippen LogP contribution in [0.1, 0.15) is 11.1 Å². The smallest absolute Gasteiger partial charge is 0.218 e. The summed E-state index contributed by atoms with van der Waals surface area (Å²) in [5, 5.41) is 55.3. The lowest BCUT2D eigenvalue weighted by Gasteiger charge is -2.17. The van der Waals surface area contributed by atoms with Crippen molar-refractivity contribution in [1.29, 1.82) is 10.8 Å². The van der Waals surface area contributed by atoms with Gasteiger partial charge >= 0.3 is 0 Å². The van der Waals surface area contributed by atoms with E-state index in [4.69, 9.17) is 10.8 Å². The molecule has 14 heteroatoms. The van der Waals surface area contributed by atoms with Crippen molar-refractivity contribution in [3.8, 4) is 11.8 Å². The van der Waals surface area contributed by atoms with Gasteiger partial charge in [-0.25, -0.2) is 4.39 Å². The van der Waals surface area contributed by atoms with Crippen molar-refractivity contribution in [2.24, 2.45) is 20.5 Å². The standard InChI is InChI=1S/C28H25FN8O2S2Si/c1-42(2,41-28(31)37-35-24-19-8-4-6-10-22(19)33-26(24)39)40-27(30)36-34-23(16-11-13-17(29)14-12-16)15-20-18-7-3-5-9-21(18)32-25(20)38/h3-15,30-33,38-39H,1-2H3/b23-15-,30-27?,31-28?,36-34?,37-35?. The molecule has 0 saturated heterocycles. The van der Waals surface area contributed by atoms with Crippen LogP contribution in [0.4, 0.5) is 10.1 Å². The molecule has 2 aromatic heterocycles. The van der Waals surface area contributed by atoms with Crippen molar-refractivity contribution in [2.75, 3.05) is 0 Å². The number of para-hydroxylation sites is 2. The summed E-state index contributed by atoms with van der Waals surface area (Å²) in [5.74, 6) is -0.580. The fourth-order valence-corrected chi connectivity index (χ4v) is 10.3. The van der Waals surface area contributed by atoms with Crippen molar-refractivity contribution in [3.63, 3.8) is 0 Å². The van der Waals surface area contributed by atoms with Crippen LogP contribution in [-0.4, -0.2) is 36.9 Å². The van der Waals surface area contributed by atoms with E-state index in [0.29, 0.717) is 27.7 Å². The van der Waals surface area contributed by atoms with Crippen LogP contribution in [0.3, 0.4) is 0 Å². The van der Waals surface area contributed by atoms with Crippen molar-refractivity contribution in [2.45, 2.75) is 13.1 Å². The number of azo groups is 2. The molecule has 0 saturated carbocycles. The van der Waals surface area contributed by atoms with Crippen LogP contribution in [0.15, 0.2) is 93.3 Å². The van der Waals surface area contributed by atoms with Gasteiger partial charge in [-0.1, -0.05) is 71.9 Å². The van der Waals surface area contributed by atoms with Gasteiger partial charge in [0, 0.05) is 27.4 Å². The van der Waals surface area contributed by atoms with Gasteiger partial charge in [-0.2, -0.15) is 0 Å². The molecule has 0 aliphatic heterocycles. The zero-order chi connectivity index (χ0) is 29.9. The monoisotopic (exact) mass is 616 g/mol. The number of nitrogens with one attached hydrogen (secondary N) is 4. The van der Waals surface area contributed by atoms with Crippen LogP contribution in [0.5, 0.6) is 11.8 Å². The molecule has 42 heavy (non-hydrogen) atoms. The quantitative estimate of drug-likeness (QED) is 0.0484. The van der Waals surface area contributed by atoms with E-state index in [1.165, 1.54) is 34.6 Å². The van der Waals surface area contributed by atoms with Crippen LogP contribution < -0.4 is 0 Å². The lowest BCUT2D eigenvalue weighted by Crippen LogP contribution is -2.20. The number of hydrogen-bond acceptors (Lipinski definition) is 8. The SMILES string of the molecule is C[Si](C)(SC(=N)N=N/C(=C\c1c(O)[nH]c2ccccc12)c1ccc(F)cc1)SC(=N)N=Nc1c(O)[nH]c2ccccc12. The van der Waals surface area contributed by atoms with Crippen LogP contribution in [-0.2, 0) is 0 Å². The molecule has 0 radical (unpaired) electrons. The highest BCUT2D eigenvalue weighted by Gasteiger charge is 2.28. The average Bonchev–Trinajstić information content (AvgIpc) is 3.44. The lowest BCUT2D eigenvalue weighted by molar-refractivity contribution is 0.457. The largest absolute Gasteiger partial charge is 0.494 e. The minimum Gasteiger partial charge on any atom is -0.494 e. The van der Waals surface area contributed by atoms with Crippen LogP contribution in [0, 0.1) is 16.6 Å². The number of aromatic hydroxyl groups is 2. The van der Waals surface area contributed by atoms with Gasteiger partial charge in [0.1, 0.15) is 5.82 Å². The Kier molecular flexibility index (Phi) is 8.38. The maximum absolute atomic E-state index is 13.6. The third kappa shape index (κ3) is 6.67. The van der Waals surface area contributed by atoms with Gasteiger partial charge in [-0.05, 0) is 42.5 Å². The third-order valence-corrected chi connectivity index (χ3v) is 13.1. The normalized spacial score (nSPS) is 12.7. The predicted molar refractivity (Wildman–Crippen MR) is 172 cm³/mol. The fourth-order valence-electron chi connectivity index (χ4n) is 4.16. The summed E-state index contributed by atoms with van der Waals surface area (Å²) in [4.78, 5) is 5.75. The van der Waals surface area contributed by atoms with E-state index < -0.39 is 12.2 Å². The summed E-state index contributed by atoms with van der Waals surface area (Å²) >= 11 is 2.40. The summed E-state index contributed by atoms with van der Waals surface area (Å²) in [6, 6.07) is 20.4. The molecule has 0 fully saturated rings. The number of nitrogens with zero attached hydrogens (tertiary/aromatic N) is 4. The summed E-state index contributed by atoms with van der Waals surface area (Å²) in [6.07, 6.45) is -0.758. The van der Waals surface area contributed by atoms with E-state index in [0.717, 1.165) is 10.9 Å². The van der Waals surface area contributed by atoms with Gasteiger partial charge in [0.25, 0.3) is 0 Å². The summed E-state index contributed by atoms with van der Waals surface area (Å²) in [7, 11) is 0. The summed E-state index contributed by atoms with van der Waals surface area (Å²) in [6.45, 7) is 3.89. The van der Waals surface area contributed by atoms with Crippen molar-refractivity contribution in [3.05, 3.63) is 89.7 Å². The Morgan fingerprint density at radius 1 is 0.786 bits per heavy atom. The van der Waals surface area contributed by atoms with E-state index in [1.807, 2.05) is 49.5 Å². The van der Waals surface area contributed by atoms with Crippen molar-refractivity contribution < 1.29 is 14.6 Å². The number of hydrogen-bond donors (Lipinski definition) is 6. The van der Waals surface area contributed by atoms with Crippen LogP contribution >= 0.6 is 22.4 Å². The van der Waals surface area contributed by atoms with E-state index in [-0.39, 0.29) is 27.8 Å². The molecule has 0 atom stereocenters. The van der Waals surface area contributed by atoms with E-state index >= 15 is 0 Å². The number of H-pyrrole nitrogens is 2. The molecule has 0 spiro atoms. The molecule has 10 nitrogen and oxygen atoms in total. The average molecular weight is 617 g/mol. The Labute approximate surface area is 248 Å². The third-order valence-electron chi connectivity index (χ3n) is 5.98. The topological polar surface area (TPSA) is 169 Å². The van der Waals surface area contributed by atoms with Gasteiger partial charge in [0.2, 0.25) is 5.88 Å². The minimum absolute atomic E-state index is 0.0472. The number of aromatic amines is 2. The van der Waals surface area contributed by atoms with Gasteiger partial charge in [-0.15, -0.1) is 20.5 Å². The maximum atomic E-state index is 13.6. The number of benzene rings is 3. The Balaban J connectivity index is 1.32. The van der Waals surface area contributed by atoms with Gasteiger partial charge in [-0.3, -0.25) is 10.8 Å². The zero-order valence-electron chi connectivity index (χ0n) is 22.4. The van der Waals surface area contributed by atoms with Crippen molar-refractivity contribution >= 4 is 78.4 Å². The number of rotatable bonds is 6. The fraction of sp³-hybridized carbons (Fsp3) is 0.0714. The Morgan fingerprint density at radius 3 is 2.05 bits per heavy atom. The first kappa shape index (κ1) is 29.0. The molecule has 0 unspecified atom stereocenters. The number of halogens is 1. The molecule has 5 rings (SSSR count). The predicted octanol–water partition coefficient (Wildman–Crippen LogP) is 8.97. The second kappa shape index (κ2) is 12.1. The highest BCUT2D eigenvalue weighted by atomic mass is 32.6. The first-order valence-electron chi connectivity index (χ1n) is 12.6. The number of aromatic nitrogens is 2. The molecule has 5 aromatic rings. The Bertz CT molecular complexity index is 1900. The van der Waals surface area contributed by atoms with Crippen LogP contribution in [0.25, 0.3) is 33.6 Å². The summed E-state index contributed by atoms with van der Waals surface area (Å²) < 4.78 is 13.6. The Morgan fingerprint density at radius 2 is 1.36 bits per heavy atom. The lowest BCUT2D eigenvalue weighted by atomic mass is 10.1. The molecule has 212 valence electrons. The summed E-state index contributed by atoms with van der Waals surface area (Å²) in [5.41, 5.74) is 3.08. The molecule has 6 N–H and O–H groups in total. The highest BCUT2D eigenvalue weighted by molar-refractivity contribution is 8.66. The molecule has 0 bridgehead atoms. The number of fused-ring (bicyclic) bond motifs is 2. The van der Waals surface area contributed by atoms with E-state index in [9.17, 15) is 14.6 Å². The molecule has 0 aliphatic rings. The van der Waals surface area contributed by atoms with Gasteiger partial charge in [0.15, 0.2) is 28.3 Å². The maximum Gasteiger partial charge on any atom is 0.218 e. The second-order valence-corrected chi connectivity index (χ2v) is 21.6. The minimum atomic E-state index is -2.39. The van der Waals surface area contributed by atoms with Crippen molar-refractivity contribution in [1.82, 2.24) is 9.97 Å². The molecule has 2 heterocycles. The zero-order valence-corrected chi connectivity index (χ0v) is 25.0. The molecular weight excluding hydrogens is 592 g/mol. The molecule has 0 amide bonds.